The minimum absolute atomic E-state index is 0.582. The van der Waals surface area contributed by atoms with E-state index in [2.05, 4.69) is 182 Å². The molecule has 298 valence electrons. The fourth-order valence-electron chi connectivity index (χ4n) is 9.37. The molecule has 0 amide bonds. The molecule has 0 aliphatic rings. The lowest BCUT2D eigenvalue weighted by Crippen LogP contribution is -2.01. The van der Waals surface area contributed by atoms with Crippen molar-refractivity contribution in [2.75, 3.05) is 0 Å². The minimum Gasteiger partial charge on any atom is -0.456 e. The molecule has 0 bridgehead atoms. The van der Waals surface area contributed by atoms with Gasteiger partial charge in [-0.15, -0.1) is 0 Å². The molecule has 3 heterocycles. The molecule has 64 heavy (non-hydrogen) atoms. The molecule has 0 atom stereocenters. The van der Waals surface area contributed by atoms with E-state index >= 15 is 0 Å². The van der Waals surface area contributed by atoms with Crippen LogP contribution in [0.2, 0.25) is 0 Å². The maximum atomic E-state index is 6.66. The number of furan rings is 2. The maximum absolute atomic E-state index is 6.66. The molecule has 0 aliphatic heterocycles. The number of para-hydroxylation sites is 2. The average molecular weight is 818 g/mol. The predicted molar refractivity (Wildman–Crippen MR) is 262 cm³/mol. The third kappa shape index (κ3) is 5.98. The van der Waals surface area contributed by atoms with Crippen LogP contribution in [0.25, 0.3) is 133 Å². The van der Waals surface area contributed by atoms with Crippen LogP contribution in [0.15, 0.2) is 221 Å². The third-order valence-electron chi connectivity index (χ3n) is 12.5. The fraction of sp³-hybridized carbons (Fsp3) is 0. The van der Waals surface area contributed by atoms with Crippen LogP contribution in [0.5, 0.6) is 0 Å². The van der Waals surface area contributed by atoms with Crippen molar-refractivity contribution in [3.05, 3.63) is 212 Å². The van der Waals surface area contributed by atoms with Gasteiger partial charge in [-0.1, -0.05) is 170 Å². The van der Waals surface area contributed by atoms with E-state index in [1.807, 2.05) is 30.3 Å². The molecular weight excluding hydrogens is 783 g/mol. The van der Waals surface area contributed by atoms with Gasteiger partial charge < -0.3 is 8.83 Å². The molecule has 0 aliphatic carbocycles. The topological polar surface area (TPSA) is 65.0 Å². The van der Waals surface area contributed by atoms with Crippen molar-refractivity contribution in [1.29, 1.82) is 0 Å². The first-order valence-electron chi connectivity index (χ1n) is 21.5. The molecule has 0 saturated carbocycles. The van der Waals surface area contributed by atoms with E-state index in [-0.39, 0.29) is 0 Å². The van der Waals surface area contributed by atoms with Crippen LogP contribution in [0.3, 0.4) is 0 Å². The summed E-state index contributed by atoms with van der Waals surface area (Å²) in [6, 6.07) is 74.0. The van der Waals surface area contributed by atoms with E-state index in [1.165, 1.54) is 0 Å². The van der Waals surface area contributed by atoms with Gasteiger partial charge in [-0.2, -0.15) is 0 Å². The van der Waals surface area contributed by atoms with Gasteiger partial charge in [-0.25, -0.2) is 15.0 Å². The summed E-state index contributed by atoms with van der Waals surface area (Å²) in [5, 5.41) is 8.82. The van der Waals surface area contributed by atoms with Crippen molar-refractivity contribution in [1.82, 2.24) is 15.0 Å². The second-order valence-electron chi connectivity index (χ2n) is 16.3. The zero-order valence-electron chi connectivity index (χ0n) is 34.4. The van der Waals surface area contributed by atoms with Gasteiger partial charge >= 0.3 is 0 Å². The quantitative estimate of drug-likeness (QED) is 0.167. The molecule has 13 rings (SSSR count). The summed E-state index contributed by atoms with van der Waals surface area (Å²) < 4.78 is 13.0. The zero-order valence-corrected chi connectivity index (χ0v) is 34.4. The summed E-state index contributed by atoms with van der Waals surface area (Å²) in [6.45, 7) is 0. The zero-order chi connectivity index (χ0) is 42.1. The normalized spacial score (nSPS) is 11.8. The third-order valence-corrected chi connectivity index (χ3v) is 12.5. The monoisotopic (exact) mass is 817 g/mol. The molecular formula is C59H35N3O2. The Morgan fingerprint density at radius 2 is 0.828 bits per heavy atom. The Kier molecular flexibility index (Phi) is 8.15. The van der Waals surface area contributed by atoms with E-state index in [1.54, 1.807) is 0 Å². The Morgan fingerprint density at radius 1 is 0.266 bits per heavy atom. The maximum Gasteiger partial charge on any atom is 0.164 e. The van der Waals surface area contributed by atoms with Crippen LogP contribution in [0.1, 0.15) is 0 Å². The summed E-state index contributed by atoms with van der Waals surface area (Å²) >= 11 is 0. The first-order valence-corrected chi connectivity index (χ1v) is 21.5. The van der Waals surface area contributed by atoms with Crippen molar-refractivity contribution in [3.63, 3.8) is 0 Å². The lowest BCUT2D eigenvalue weighted by Gasteiger charge is -2.13. The minimum atomic E-state index is 0.582. The second-order valence-corrected chi connectivity index (χ2v) is 16.3. The summed E-state index contributed by atoms with van der Waals surface area (Å²) in [7, 11) is 0. The fourth-order valence-corrected chi connectivity index (χ4v) is 9.37. The molecule has 3 aromatic heterocycles. The van der Waals surface area contributed by atoms with Crippen LogP contribution in [-0.2, 0) is 0 Å². The molecule has 0 spiro atoms. The summed E-state index contributed by atoms with van der Waals surface area (Å²) in [5.74, 6) is 1.77. The number of benzene rings is 10. The van der Waals surface area contributed by atoms with Crippen molar-refractivity contribution < 1.29 is 8.83 Å². The number of aromatic nitrogens is 3. The molecule has 0 radical (unpaired) electrons. The van der Waals surface area contributed by atoms with Gasteiger partial charge in [-0.3, -0.25) is 0 Å². The highest BCUT2D eigenvalue weighted by molar-refractivity contribution is 6.18. The van der Waals surface area contributed by atoms with Gasteiger partial charge in [0.15, 0.2) is 17.5 Å². The van der Waals surface area contributed by atoms with Gasteiger partial charge in [0.05, 0.1) is 0 Å². The first-order chi connectivity index (χ1) is 31.7. The molecule has 13 aromatic rings. The van der Waals surface area contributed by atoms with Crippen molar-refractivity contribution in [3.8, 4) is 67.5 Å². The summed E-state index contributed by atoms with van der Waals surface area (Å²) in [4.78, 5) is 15.8. The lowest BCUT2D eigenvalue weighted by atomic mass is 9.94. The standard InChI is InChI=1S/C59H35N3O2/c1-2-12-36(13-3-1)37-24-27-39(28-25-37)57-60-58(44-17-10-16-43(32-44)55-45-18-5-4-14-42(45)34-51-47-20-7-9-23-53(47)64-56(51)55)62-59(61-57)49-21-11-15-38-26-29-40(33-50(38)49)41-30-31-48-46-19-6-8-22-52(46)63-54(48)35-41/h1-35H. The van der Waals surface area contributed by atoms with Crippen LogP contribution >= 0.6 is 0 Å². The van der Waals surface area contributed by atoms with E-state index < -0.39 is 0 Å². The Balaban J connectivity index is 0.988. The lowest BCUT2D eigenvalue weighted by molar-refractivity contribution is 0.669. The van der Waals surface area contributed by atoms with Crippen LogP contribution < -0.4 is 0 Å². The van der Waals surface area contributed by atoms with Crippen molar-refractivity contribution in [2.45, 2.75) is 0 Å². The second kappa shape index (κ2) is 14.5. The number of hydrogen-bond acceptors (Lipinski definition) is 5. The van der Waals surface area contributed by atoms with Gasteiger partial charge in [0.1, 0.15) is 22.3 Å². The Bertz CT molecular complexity index is 3960. The van der Waals surface area contributed by atoms with Crippen LogP contribution in [-0.4, -0.2) is 15.0 Å². The number of nitrogens with zero attached hydrogens (tertiary/aromatic N) is 3. The van der Waals surface area contributed by atoms with Gasteiger partial charge in [0.2, 0.25) is 0 Å². The average Bonchev–Trinajstić information content (AvgIpc) is 3.93. The van der Waals surface area contributed by atoms with E-state index in [9.17, 15) is 0 Å². The van der Waals surface area contributed by atoms with Crippen LogP contribution in [0, 0.1) is 0 Å². The summed E-state index contributed by atoms with van der Waals surface area (Å²) in [6.07, 6.45) is 0. The van der Waals surface area contributed by atoms with Gasteiger partial charge in [-0.05, 0) is 91.8 Å². The molecule has 0 unspecified atom stereocenters. The molecule has 0 fully saturated rings. The SMILES string of the molecule is c1ccc(-c2ccc(-c3nc(-c4cccc(-c5c6ccccc6cc6c5oc5ccccc56)c4)nc(-c4cccc5ccc(-c6ccc7c(c6)oc6ccccc67)cc45)n3)cc2)cc1. The molecule has 5 nitrogen and oxygen atoms in total. The Hall–Kier alpha value is -8.67. The molecule has 0 N–H and O–H groups in total. The number of hydrogen-bond donors (Lipinski definition) is 0. The van der Waals surface area contributed by atoms with Gasteiger partial charge in [0.25, 0.3) is 0 Å². The molecule has 5 heteroatoms. The van der Waals surface area contributed by atoms with Crippen molar-refractivity contribution in [2.24, 2.45) is 0 Å². The van der Waals surface area contributed by atoms with E-state index in [4.69, 9.17) is 23.8 Å². The highest BCUT2D eigenvalue weighted by atomic mass is 16.3. The largest absolute Gasteiger partial charge is 0.456 e. The van der Waals surface area contributed by atoms with E-state index in [0.717, 1.165) is 115 Å². The predicted octanol–water partition coefficient (Wildman–Crippen LogP) is 16.0. The number of fused-ring (bicyclic) bond motifs is 8. The van der Waals surface area contributed by atoms with Gasteiger partial charge in [0, 0.05) is 43.8 Å². The van der Waals surface area contributed by atoms with Crippen molar-refractivity contribution >= 4 is 65.4 Å². The van der Waals surface area contributed by atoms with Crippen LogP contribution in [0.4, 0.5) is 0 Å². The van der Waals surface area contributed by atoms with E-state index in [0.29, 0.717) is 17.5 Å². The number of rotatable bonds is 6. The Labute approximate surface area is 367 Å². The first kappa shape index (κ1) is 36.0. The Morgan fingerprint density at radius 3 is 1.67 bits per heavy atom. The molecule has 10 aromatic carbocycles. The highest BCUT2D eigenvalue weighted by Crippen LogP contribution is 2.42. The smallest absolute Gasteiger partial charge is 0.164 e. The molecule has 0 saturated heterocycles. The summed E-state index contributed by atoms with van der Waals surface area (Å²) in [5.41, 5.74) is 12.7. The highest BCUT2D eigenvalue weighted by Gasteiger charge is 2.20.